The van der Waals surface area contributed by atoms with E-state index in [9.17, 15) is 19.3 Å². The Bertz CT molecular complexity index is 713. The van der Waals surface area contributed by atoms with Gasteiger partial charge in [-0.2, -0.15) is 9.49 Å². The monoisotopic (exact) mass is 295 g/mol. The van der Waals surface area contributed by atoms with Gasteiger partial charge in [0.05, 0.1) is 10.6 Å². The van der Waals surface area contributed by atoms with Crippen molar-refractivity contribution in [1.82, 2.24) is 9.78 Å². The largest absolute Gasteiger partial charge is 0.476 e. The number of aromatic carboxylic acids is 1. The number of aromatic nitrogens is 2. The Morgan fingerprint density at radius 1 is 1.48 bits per heavy atom. The van der Waals surface area contributed by atoms with Gasteiger partial charge in [0.1, 0.15) is 0 Å². The smallest absolute Gasteiger partial charge is 0.356 e. The van der Waals surface area contributed by atoms with Crippen molar-refractivity contribution < 1.29 is 24.3 Å². The van der Waals surface area contributed by atoms with E-state index in [1.165, 1.54) is 12.3 Å². The summed E-state index contributed by atoms with van der Waals surface area (Å²) < 4.78 is 14.7. The van der Waals surface area contributed by atoms with Gasteiger partial charge in [0.15, 0.2) is 5.69 Å². The van der Waals surface area contributed by atoms with E-state index in [4.69, 9.17) is 10.2 Å². The molecule has 1 aromatic carbocycles. The summed E-state index contributed by atoms with van der Waals surface area (Å²) in [5, 5.41) is 32.2. The van der Waals surface area contributed by atoms with Crippen molar-refractivity contribution in [3.05, 3.63) is 51.6 Å². The van der Waals surface area contributed by atoms with E-state index in [0.29, 0.717) is 0 Å². The third-order valence-corrected chi connectivity index (χ3v) is 2.77. The molecule has 0 aliphatic carbocycles. The second-order valence-electron chi connectivity index (χ2n) is 4.12. The van der Waals surface area contributed by atoms with Gasteiger partial charge in [0.25, 0.3) is 0 Å². The zero-order valence-corrected chi connectivity index (χ0v) is 10.6. The number of hydrogen-bond acceptors (Lipinski definition) is 5. The molecule has 1 aromatic heterocycles. The maximum atomic E-state index is 13.6. The summed E-state index contributed by atoms with van der Waals surface area (Å²) in [6.07, 6.45) is 1.41. The first-order valence-corrected chi connectivity index (χ1v) is 5.81. The minimum atomic E-state index is -1.28. The van der Waals surface area contributed by atoms with E-state index in [0.717, 1.165) is 16.8 Å². The summed E-state index contributed by atoms with van der Waals surface area (Å²) in [4.78, 5) is 20.7. The Hall–Kier alpha value is -2.81. The van der Waals surface area contributed by atoms with Crippen LogP contribution in [0.5, 0.6) is 0 Å². The molecule has 0 spiro atoms. The first kappa shape index (κ1) is 14.6. The predicted octanol–water partition coefficient (Wildman–Crippen LogP) is 1.15. The molecule has 0 aliphatic heterocycles. The molecule has 0 saturated heterocycles. The maximum absolute atomic E-state index is 13.6. The Balaban J connectivity index is 2.47. The number of carbonyl (C=O) groups is 1. The Labute approximate surface area is 117 Å². The van der Waals surface area contributed by atoms with Crippen molar-refractivity contribution >= 4 is 11.7 Å². The van der Waals surface area contributed by atoms with Crippen LogP contribution in [0.25, 0.3) is 5.69 Å². The fraction of sp³-hybridized carbons (Fsp3) is 0.167. The number of carboxylic acids is 1. The molecule has 1 heterocycles. The Morgan fingerprint density at radius 3 is 2.71 bits per heavy atom. The summed E-state index contributed by atoms with van der Waals surface area (Å²) in [6, 6.07) is 3.11. The molecule has 110 valence electrons. The minimum Gasteiger partial charge on any atom is -0.476 e. The second kappa shape index (κ2) is 5.67. The van der Waals surface area contributed by atoms with Gasteiger partial charge >= 0.3 is 11.7 Å². The third kappa shape index (κ3) is 2.87. The first-order valence-electron chi connectivity index (χ1n) is 5.81. The van der Waals surface area contributed by atoms with Crippen molar-refractivity contribution in [3.63, 3.8) is 0 Å². The topological polar surface area (TPSA) is 118 Å². The molecular weight excluding hydrogens is 285 g/mol. The van der Waals surface area contributed by atoms with Gasteiger partial charge in [-0.05, 0) is 12.5 Å². The second-order valence-corrected chi connectivity index (χ2v) is 4.12. The summed E-state index contributed by atoms with van der Waals surface area (Å²) in [5.41, 5.74) is -0.517. The molecule has 2 rings (SSSR count). The molecule has 8 nitrogen and oxygen atoms in total. The molecule has 2 N–H and O–H groups in total. The highest BCUT2D eigenvalue weighted by molar-refractivity contribution is 5.87. The van der Waals surface area contributed by atoms with Crippen molar-refractivity contribution in [2.24, 2.45) is 0 Å². The number of hydrogen-bond donors (Lipinski definition) is 2. The number of nitro benzene ring substituents is 1. The lowest BCUT2D eigenvalue weighted by molar-refractivity contribution is -0.387. The molecule has 2 aromatic rings. The average Bonchev–Trinajstić information content (AvgIpc) is 2.83. The third-order valence-electron chi connectivity index (χ3n) is 2.77. The zero-order valence-electron chi connectivity index (χ0n) is 10.6. The van der Waals surface area contributed by atoms with Crippen LogP contribution in [0.3, 0.4) is 0 Å². The Kier molecular flexibility index (Phi) is 3.94. The highest BCUT2D eigenvalue weighted by atomic mass is 19.1. The van der Waals surface area contributed by atoms with E-state index in [2.05, 4.69) is 5.10 Å². The summed E-state index contributed by atoms with van der Waals surface area (Å²) >= 11 is 0. The molecule has 21 heavy (non-hydrogen) atoms. The van der Waals surface area contributed by atoms with Crippen molar-refractivity contribution in [3.8, 4) is 5.69 Å². The van der Waals surface area contributed by atoms with Crippen LogP contribution in [0.2, 0.25) is 0 Å². The van der Waals surface area contributed by atoms with Crippen molar-refractivity contribution in [2.75, 3.05) is 6.61 Å². The van der Waals surface area contributed by atoms with Crippen LogP contribution in [0.1, 0.15) is 16.1 Å². The number of nitrogens with zero attached hydrogens (tertiary/aromatic N) is 3. The number of aliphatic hydroxyl groups excluding tert-OH is 1. The van der Waals surface area contributed by atoms with Gasteiger partial charge in [-0.25, -0.2) is 9.48 Å². The quantitative estimate of drug-likeness (QED) is 0.631. The van der Waals surface area contributed by atoms with E-state index < -0.39 is 22.4 Å². The molecule has 0 unspecified atom stereocenters. The highest BCUT2D eigenvalue weighted by Crippen LogP contribution is 2.21. The molecule has 0 atom stereocenters. The van der Waals surface area contributed by atoms with E-state index in [-0.39, 0.29) is 30.0 Å². The predicted molar refractivity (Wildman–Crippen MR) is 67.9 cm³/mol. The highest BCUT2D eigenvalue weighted by Gasteiger charge is 2.18. The van der Waals surface area contributed by atoms with E-state index >= 15 is 0 Å². The average molecular weight is 295 g/mol. The van der Waals surface area contributed by atoms with Gasteiger partial charge in [-0.15, -0.1) is 0 Å². The van der Waals surface area contributed by atoms with Crippen LogP contribution in [-0.2, 0) is 6.42 Å². The molecule has 0 radical (unpaired) electrons. The molecule has 0 amide bonds. The SMILES string of the molecule is O=C(O)c1nn(-c2ccc([N+](=O)[O-])c(F)c2)cc1CCO. The number of nitro groups is 1. The summed E-state index contributed by atoms with van der Waals surface area (Å²) in [6.45, 7) is -0.263. The zero-order chi connectivity index (χ0) is 15.6. The minimum absolute atomic E-state index is 0.0805. The standard InChI is InChI=1S/C12H10FN3O5/c13-9-5-8(1-2-10(9)16(20)21)15-6-7(3-4-17)11(14-15)12(18)19/h1-2,5-6,17H,3-4H2,(H,18,19). The fourth-order valence-electron chi connectivity index (χ4n) is 1.81. The molecule has 0 aliphatic rings. The van der Waals surface area contributed by atoms with Gasteiger partial charge < -0.3 is 10.2 Å². The lowest BCUT2D eigenvalue weighted by Crippen LogP contribution is -2.04. The van der Waals surface area contributed by atoms with Crippen LogP contribution in [0.4, 0.5) is 10.1 Å². The van der Waals surface area contributed by atoms with Crippen LogP contribution in [-0.4, -0.2) is 37.5 Å². The molecule has 0 saturated carbocycles. The van der Waals surface area contributed by atoms with Crippen LogP contribution >= 0.6 is 0 Å². The lowest BCUT2D eigenvalue weighted by atomic mass is 10.2. The Morgan fingerprint density at radius 2 is 2.19 bits per heavy atom. The lowest BCUT2D eigenvalue weighted by Gasteiger charge is -2.01. The number of halogens is 1. The maximum Gasteiger partial charge on any atom is 0.356 e. The van der Waals surface area contributed by atoms with Crippen molar-refractivity contribution in [2.45, 2.75) is 6.42 Å². The van der Waals surface area contributed by atoms with Crippen LogP contribution in [0, 0.1) is 15.9 Å². The van der Waals surface area contributed by atoms with Crippen LogP contribution in [0.15, 0.2) is 24.4 Å². The normalized spacial score (nSPS) is 10.6. The first-order chi connectivity index (χ1) is 9.93. The summed E-state index contributed by atoms with van der Waals surface area (Å²) in [7, 11) is 0. The van der Waals surface area contributed by atoms with Gasteiger partial charge in [-0.1, -0.05) is 0 Å². The molecule has 0 fully saturated rings. The van der Waals surface area contributed by atoms with Crippen molar-refractivity contribution in [1.29, 1.82) is 0 Å². The summed E-state index contributed by atoms with van der Waals surface area (Å²) in [5.74, 6) is -2.33. The molecule has 9 heteroatoms. The van der Waals surface area contributed by atoms with Gasteiger partial charge in [0, 0.05) is 30.5 Å². The number of rotatable bonds is 5. The molecule has 0 bridgehead atoms. The number of carboxylic acid groups (broad SMARTS) is 1. The van der Waals surface area contributed by atoms with E-state index in [1.807, 2.05) is 0 Å². The number of aliphatic hydroxyl groups is 1. The van der Waals surface area contributed by atoms with Gasteiger partial charge in [-0.3, -0.25) is 10.1 Å². The van der Waals surface area contributed by atoms with E-state index in [1.54, 1.807) is 0 Å². The van der Waals surface area contributed by atoms with Gasteiger partial charge in [0.2, 0.25) is 5.82 Å². The number of benzene rings is 1. The van der Waals surface area contributed by atoms with Crippen LogP contribution < -0.4 is 0 Å². The fourth-order valence-corrected chi connectivity index (χ4v) is 1.81. The molecular formula is C12H10FN3O5.